The first-order chi connectivity index (χ1) is 7.08. The second-order valence-corrected chi connectivity index (χ2v) is 5.87. The number of rotatable bonds is 6. The van der Waals surface area contributed by atoms with Gasteiger partial charge in [0.05, 0.1) is 5.54 Å². The van der Waals surface area contributed by atoms with Crippen LogP contribution in [0.15, 0.2) is 0 Å². The third-order valence-electron chi connectivity index (χ3n) is 3.10. The lowest BCUT2D eigenvalue weighted by Crippen LogP contribution is -2.50. The van der Waals surface area contributed by atoms with E-state index in [4.69, 9.17) is 11.5 Å². The average Bonchev–Trinajstić information content (AvgIpc) is 2.57. The van der Waals surface area contributed by atoms with Gasteiger partial charge in [-0.1, -0.05) is 19.8 Å². The first-order valence-electron chi connectivity index (χ1n) is 5.79. The molecule has 0 aromatic rings. The van der Waals surface area contributed by atoms with E-state index in [9.17, 15) is 4.79 Å². The fraction of sp³-hybridized carbons (Fsp3) is 0.909. The Labute approximate surface area is 96.3 Å². The summed E-state index contributed by atoms with van der Waals surface area (Å²) >= 11 is 1.96. The van der Waals surface area contributed by atoms with Gasteiger partial charge >= 0.3 is 0 Å². The number of primary amides is 1. The van der Waals surface area contributed by atoms with E-state index in [1.807, 2.05) is 11.8 Å². The van der Waals surface area contributed by atoms with Crippen molar-refractivity contribution in [1.29, 1.82) is 0 Å². The molecule has 1 rings (SSSR count). The van der Waals surface area contributed by atoms with Crippen LogP contribution in [0.3, 0.4) is 0 Å². The van der Waals surface area contributed by atoms with Crippen LogP contribution < -0.4 is 11.5 Å². The van der Waals surface area contributed by atoms with Crippen molar-refractivity contribution in [3.05, 3.63) is 0 Å². The molecule has 2 atom stereocenters. The highest BCUT2D eigenvalue weighted by atomic mass is 32.2. The molecular weight excluding hydrogens is 208 g/mol. The summed E-state index contributed by atoms with van der Waals surface area (Å²) in [5.74, 6) is 0.854. The number of thioether (sulfide) groups is 1. The smallest absolute Gasteiger partial charge is 0.237 e. The summed E-state index contributed by atoms with van der Waals surface area (Å²) in [4.78, 5) is 11.1. The van der Waals surface area contributed by atoms with Crippen LogP contribution >= 0.6 is 11.8 Å². The zero-order valence-electron chi connectivity index (χ0n) is 9.50. The van der Waals surface area contributed by atoms with Crippen molar-refractivity contribution in [3.63, 3.8) is 0 Å². The van der Waals surface area contributed by atoms with Crippen molar-refractivity contribution in [3.8, 4) is 0 Å². The van der Waals surface area contributed by atoms with Crippen molar-refractivity contribution in [2.24, 2.45) is 11.5 Å². The quantitative estimate of drug-likeness (QED) is 0.682. The number of carbonyl (C=O) groups excluding carboxylic acids is 1. The SMILES string of the molecule is CCCCCSC1CCC(N)(C(N)=O)C1. The molecule has 1 saturated carbocycles. The van der Waals surface area contributed by atoms with Crippen LogP contribution in [0.1, 0.15) is 45.4 Å². The molecule has 0 saturated heterocycles. The third-order valence-corrected chi connectivity index (χ3v) is 4.49. The Hall–Kier alpha value is -0.220. The molecule has 0 spiro atoms. The van der Waals surface area contributed by atoms with Gasteiger partial charge in [0, 0.05) is 5.25 Å². The molecule has 2 unspecified atom stereocenters. The molecule has 3 nitrogen and oxygen atoms in total. The molecule has 1 amide bonds. The van der Waals surface area contributed by atoms with E-state index < -0.39 is 5.54 Å². The van der Waals surface area contributed by atoms with Gasteiger partial charge in [0.1, 0.15) is 0 Å². The van der Waals surface area contributed by atoms with E-state index in [-0.39, 0.29) is 5.91 Å². The number of carbonyl (C=O) groups is 1. The van der Waals surface area contributed by atoms with E-state index in [1.54, 1.807) is 0 Å². The zero-order valence-corrected chi connectivity index (χ0v) is 10.3. The molecule has 88 valence electrons. The first kappa shape index (κ1) is 12.8. The van der Waals surface area contributed by atoms with Gasteiger partial charge in [0.15, 0.2) is 0 Å². The molecule has 1 aliphatic carbocycles. The minimum absolute atomic E-state index is 0.334. The van der Waals surface area contributed by atoms with Crippen molar-refractivity contribution in [1.82, 2.24) is 0 Å². The Bertz CT molecular complexity index is 223. The summed E-state index contributed by atoms with van der Waals surface area (Å²) in [7, 11) is 0. The standard InChI is InChI=1S/C11H22N2OS/c1-2-3-4-7-15-9-5-6-11(13,8-9)10(12)14/h9H,2-8,13H2,1H3,(H2,12,14). The van der Waals surface area contributed by atoms with Crippen molar-refractivity contribution < 1.29 is 4.79 Å². The molecule has 0 aliphatic heterocycles. The Morgan fingerprint density at radius 1 is 1.53 bits per heavy atom. The highest BCUT2D eigenvalue weighted by Gasteiger charge is 2.40. The molecule has 0 bridgehead atoms. The lowest BCUT2D eigenvalue weighted by molar-refractivity contribution is -0.122. The number of nitrogens with two attached hydrogens (primary N) is 2. The molecule has 4 heteroatoms. The summed E-state index contributed by atoms with van der Waals surface area (Å²) in [6.45, 7) is 2.21. The predicted octanol–water partition coefficient (Wildman–Crippen LogP) is 1.65. The van der Waals surface area contributed by atoms with Gasteiger partial charge in [0.25, 0.3) is 0 Å². The van der Waals surface area contributed by atoms with Gasteiger partial charge in [-0.2, -0.15) is 11.8 Å². The minimum atomic E-state index is -0.720. The Morgan fingerprint density at radius 3 is 2.80 bits per heavy atom. The molecule has 0 aromatic carbocycles. The number of unbranched alkanes of at least 4 members (excludes halogenated alkanes) is 2. The highest BCUT2D eigenvalue weighted by molar-refractivity contribution is 7.99. The van der Waals surface area contributed by atoms with Crippen LogP contribution in [0.5, 0.6) is 0 Å². The van der Waals surface area contributed by atoms with E-state index >= 15 is 0 Å². The summed E-state index contributed by atoms with van der Waals surface area (Å²) < 4.78 is 0. The number of hydrogen-bond donors (Lipinski definition) is 2. The maximum Gasteiger partial charge on any atom is 0.237 e. The number of amides is 1. The van der Waals surface area contributed by atoms with Gasteiger partial charge in [0.2, 0.25) is 5.91 Å². The lowest BCUT2D eigenvalue weighted by Gasteiger charge is -2.19. The molecule has 4 N–H and O–H groups in total. The van der Waals surface area contributed by atoms with Gasteiger partial charge < -0.3 is 11.5 Å². The topological polar surface area (TPSA) is 69.1 Å². The van der Waals surface area contributed by atoms with Crippen LogP contribution in [0.4, 0.5) is 0 Å². The fourth-order valence-electron chi connectivity index (χ4n) is 2.00. The van der Waals surface area contributed by atoms with Gasteiger partial charge in [-0.25, -0.2) is 0 Å². The van der Waals surface area contributed by atoms with E-state index in [0.29, 0.717) is 5.25 Å². The molecule has 0 aromatic heterocycles. The van der Waals surface area contributed by atoms with Crippen LogP contribution in [-0.2, 0) is 4.79 Å². The molecule has 1 aliphatic rings. The first-order valence-corrected chi connectivity index (χ1v) is 6.84. The predicted molar refractivity (Wildman–Crippen MR) is 65.7 cm³/mol. The minimum Gasteiger partial charge on any atom is -0.368 e. The summed E-state index contributed by atoms with van der Waals surface area (Å²) in [6.07, 6.45) is 6.38. The Balaban J connectivity index is 2.22. The van der Waals surface area contributed by atoms with Crippen LogP contribution in [-0.4, -0.2) is 22.4 Å². The second-order valence-electron chi connectivity index (χ2n) is 4.46. The van der Waals surface area contributed by atoms with Crippen LogP contribution in [0, 0.1) is 0 Å². The lowest BCUT2D eigenvalue weighted by atomic mass is 9.99. The van der Waals surface area contributed by atoms with Crippen molar-refractivity contribution in [2.75, 3.05) is 5.75 Å². The number of hydrogen-bond acceptors (Lipinski definition) is 3. The summed E-state index contributed by atoms with van der Waals surface area (Å²) in [5, 5.41) is 0.541. The Kier molecular flexibility index (Phi) is 4.93. The van der Waals surface area contributed by atoms with Crippen LogP contribution in [0.25, 0.3) is 0 Å². The molecule has 1 fully saturated rings. The molecular formula is C11H22N2OS. The molecule has 0 radical (unpaired) electrons. The maximum absolute atomic E-state index is 11.1. The summed E-state index contributed by atoms with van der Waals surface area (Å²) in [5.41, 5.74) is 10.5. The van der Waals surface area contributed by atoms with Gasteiger partial charge in [-0.3, -0.25) is 4.79 Å². The molecule has 15 heavy (non-hydrogen) atoms. The second kappa shape index (κ2) is 5.75. The molecule has 0 heterocycles. The highest BCUT2D eigenvalue weighted by Crippen LogP contribution is 2.35. The van der Waals surface area contributed by atoms with E-state index in [2.05, 4.69) is 6.92 Å². The van der Waals surface area contributed by atoms with Gasteiger partial charge in [-0.15, -0.1) is 0 Å². The summed E-state index contributed by atoms with van der Waals surface area (Å²) in [6, 6.07) is 0. The Morgan fingerprint density at radius 2 is 2.27 bits per heavy atom. The van der Waals surface area contributed by atoms with Gasteiger partial charge in [-0.05, 0) is 31.4 Å². The van der Waals surface area contributed by atoms with E-state index in [0.717, 1.165) is 19.3 Å². The maximum atomic E-state index is 11.1. The monoisotopic (exact) mass is 230 g/mol. The third kappa shape index (κ3) is 3.68. The normalized spacial score (nSPS) is 30.7. The van der Waals surface area contributed by atoms with Crippen LogP contribution in [0.2, 0.25) is 0 Å². The van der Waals surface area contributed by atoms with Crippen molar-refractivity contribution in [2.45, 2.75) is 56.2 Å². The van der Waals surface area contributed by atoms with Crippen molar-refractivity contribution >= 4 is 17.7 Å². The average molecular weight is 230 g/mol. The zero-order chi connectivity index (χ0) is 11.3. The fourth-order valence-corrected chi connectivity index (χ4v) is 3.40. The largest absolute Gasteiger partial charge is 0.368 e. The van der Waals surface area contributed by atoms with E-state index in [1.165, 1.54) is 25.0 Å².